The fourth-order valence-electron chi connectivity index (χ4n) is 2.43. The number of hydrogen-bond acceptors (Lipinski definition) is 8. The number of nitrogens with zero attached hydrogens (tertiary/aromatic N) is 1. The van der Waals surface area contributed by atoms with Crippen LogP contribution in [0.3, 0.4) is 0 Å². The summed E-state index contributed by atoms with van der Waals surface area (Å²) in [5.41, 5.74) is 0.326. The molecule has 0 saturated carbocycles. The molecule has 0 spiro atoms. The van der Waals surface area contributed by atoms with E-state index in [4.69, 9.17) is 30.5 Å². The molecule has 0 saturated heterocycles. The van der Waals surface area contributed by atoms with Crippen LogP contribution in [0.25, 0.3) is 0 Å². The monoisotopic (exact) mass is 495 g/mol. The van der Waals surface area contributed by atoms with Crippen molar-refractivity contribution in [2.75, 3.05) is 39.6 Å². The van der Waals surface area contributed by atoms with Gasteiger partial charge in [0.05, 0.1) is 44.8 Å². The highest BCUT2D eigenvalue weighted by molar-refractivity contribution is 14.1. The fourth-order valence-corrected chi connectivity index (χ4v) is 3.75. The van der Waals surface area contributed by atoms with Crippen molar-refractivity contribution in [2.45, 2.75) is 0 Å². The Hall–Kier alpha value is -1.85. The second-order valence-corrected chi connectivity index (χ2v) is 6.59. The molecule has 26 heavy (non-hydrogen) atoms. The van der Waals surface area contributed by atoms with Crippen LogP contribution < -0.4 is 4.90 Å². The van der Waals surface area contributed by atoms with Crippen molar-refractivity contribution in [2.24, 2.45) is 0 Å². The van der Waals surface area contributed by atoms with E-state index in [2.05, 4.69) is 0 Å². The Balaban J connectivity index is 2.75. The molecule has 1 aliphatic rings. The number of benzene rings is 1. The van der Waals surface area contributed by atoms with Crippen LogP contribution in [0.15, 0.2) is 23.4 Å². The zero-order valence-electron chi connectivity index (χ0n) is 14.1. The molecule has 2 rings (SSSR count). The van der Waals surface area contributed by atoms with Gasteiger partial charge in [0.15, 0.2) is 0 Å². The molecule has 0 aromatic heterocycles. The van der Waals surface area contributed by atoms with E-state index in [0.29, 0.717) is 14.3 Å². The predicted molar refractivity (Wildman–Crippen MR) is 99.9 cm³/mol. The summed E-state index contributed by atoms with van der Waals surface area (Å²) in [5.74, 6) is -2.16. The molecule has 0 amide bonds. The molecule has 1 aromatic carbocycles. The van der Waals surface area contributed by atoms with Gasteiger partial charge in [0.1, 0.15) is 12.4 Å². The van der Waals surface area contributed by atoms with Gasteiger partial charge in [-0.05, 0) is 34.7 Å². The summed E-state index contributed by atoms with van der Waals surface area (Å²) in [6, 6.07) is 3.01. The average Bonchev–Trinajstić information content (AvgIpc) is 2.64. The molecule has 0 bridgehead atoms. The lowest BCUT2D eigenvalue weighted by molar-refractivity contribution is -0.140. The normalized spacial score (nSPS) is 14.1. The standard InChI is InChI=1S/C16H15ClINO7/c1-23-14(20)9-4-8(17)5-11(18)12(9)19-7-26-6-10(15(21)24-2)13(19)16(22)25-3/h4-5H,6-7H2,1-3H3. The molecule has 0 aliphatic carbocycles. The Morgan fingerprint density at radius 2 is 1.69 bits per heavy atom. The number of esters is 3. The Morgan fingerprint density at radius 3 is 2.27 bits per heavy atom. The molecule has 0 unspecified atom stereocenters. The maximum absolute atomic E-state index is 12.4. The number of ether oxygens (including phenoxy) is 4. The predicted octanol–water partition coefficient (Wildman–Crippen LogP) is 2.13. The average molecular weight is 496 g/mol. The zero-order valence-corrected chi connectivity index (χ0v) is 17.0. The fraction of sp³-hybridized carbons (Fsp3) is 0.312. The summed E-state index contributed by atoms with van der Waals surface area (Å²) >= 11 is 8.01. The number of rotatable bonds is 4. The number of methoxy groups -OCH3 is 3. The number of halogens is 2. The first-order valence-electron chi connectivity index (χ1n) is 7.18. The van der Waals surface area contributed by atoms with Gasteiger partial charge in [-0.2, -0.15) is 0 Å². The van der Waals surface area contributed by atoms with Crippen LogP contribution in [-0.2, 0) is 28.5 Å². The van der Waals surface area contributed by atoms with Crippen LogP contribution >= 0.6 is 34.2 Å². The Kier molecular flexibility index (Phi) is 6.84. The minimum Gasteiger partial charge on any atom is -0.466 e. The molecule has 0 N–H and O–H groups in total. The summed E-state index contributed by atoms with van der Waals surface area (Å²) in [4.78, 5) is 38.1. The molecule has 140 valence electrons. The van der Waals surface area contributed by atoms with Gasteiger partial charge in [-0.15, -0.1) is 0 Å². The van der Waals surface area contributed by atoms with Crippen molar-refractivity contribution in [3.63, 3.8) is 0 Å². The molecular formula is C16H15ClINO7. The smallest absolute Gasteiger partial charge is 0.355 e. The van der Waals surface area contributed by atoms with E-state index in [9.17, 15) is 14.4 Å². The van der Waals surface area contributed by atoms with E-state index < -0.39 is 17.9 Å². The van der Waals surface area contributed by atoms with Gasteiger partial charge in [0.2, 0.25) is 0 Å². The van der Waals surface area contributed by atoms with Gasteiger partial charge in [-0.1, -0.05) is 11.6 Å². The number of hydrogen-bond donors (Lipinski definition) is 0. The maximum atomic E-state index is 12.4. The van der Waals surface area contributed by atoms with E-state index in [1.807, 2.05) is 22.6 Å². The lowest BCUT2D eigenvalue weighted by atomic mass is 10.1. The first kappa shape index (κ1) is 20.5. The van der Waals surface area contributed by atoms with Crippen molar-refractivity contribution in [1.29, 1.82) is 0 Å². The first-order valence-corrected chi connectivity index (χ1v) is 8.63. The second-order valence-electron chi connectivity index (χ2n) is 4.99. The third kappa shape index (κ3) is 3.94. The molecule has 1 aromatic rings. The van der Waals surface area contributed by atoms with Crippen molar-refractivity contribution >= 4 is 57.8 Å². The molecule has 0 atom stereocenters. The van der Waals surface area contributed by atoms with E-state index in [-0.39, 0.29) is 30.2 Å². The molecule has 1 aliphatic heterocycles. The molecular weight excluding hydrogens is 481 g/mol. The van der Waals surface area contributed by atoms with Crippen molar-refractivity contribution in [3.8, 4) is 0 Å². The van der Waals surface area contributed by atoms with Gasteiger partial charge >= 0.3 is 17.9 Å². The topological polar surface area (TPSA) is 91.4 Å². The highest BCUT2D eigenvalue weighted by atomic mass is 127. The van der Waals surface area contributed by atoms with Crippen molar-refractivity contribution < 1.29 is 33.3 Å². The Morgan fingerprint density at radius 1 is 1.08 bits per heavy atom. The molecule has 1 heterocycles. The van der Waals surface area contributed by atoms with Crippen LogP contribution in [0.5, 0.6) is 0 Å². The lowest BCUT2D eigenvalue weighted by Gasteiger charge is -2.33. The number of carbonyl (C=O) groups is 3. The Labute approximate surface area is 168 Å². The van der Waals surface area contributed by atoms with Crippen LogP contribution in [0.1, 0.15) is 10.4 Å². The zero-order chi connectivity index (χ0) is 19.4. The summed E-state index contributed by atoms with van der Waals surface area (Å²) in [6.45, 7) is -0.224. The van der Waals surface area contributed by atoms with Crippen molar-refractivity contribution in [1.82, 2.24) is 0 Å². The summed E-state index contributed by atoms with van der Waals surface area (Å²) in [5, 5.41) is 0.313. The number of carbonyl (C=O) groups excluding carboxylic acids is 3. The van der Waals surface area contributed by atoms with Gasteiger partial charge in [-0.25, -0.2) is 14.4 Å². The maximum Gasteiger partial charge on any atom is 0.355 e. The minimum atomic E-state index is -0.768. The summed E-state index contributed by atoms with van der Waals surface area (Å²) < 4.78 is 20.3. The SMILES string of the molecule is COC(=O)C1=C(C(=O)OC)N(c2c(I)cc(Cl)cc2C(=O)OC)COC1. The molecule has 0 radical (unpaired) electrons. The second kappa shape index (κ2) is 8.69. The van der Waals surface area contributed by atoms with E-state index >= 15 is 0 Å². The van der Waals surface area contributed by atoms with Crippen LogP contribution in [0.2, 0.25) is 5.02 Å². The lowest BCUT2D eigenvalue weighted by Crippen LogP contribution is -2.40. The minimum absolute atomic E-state index is 0.0211. The third-order valence-electron chi connectivity index (χ3n) is 3.54. The highest BCUT2D eigenvalue weighted by Crippen LogP contribution is 2.36. The molecule has 8 nitrogen and oxygen atoms in total. The van der Waals surface area contributed by atoms with Gasteiger partial charge in [0.25, 0.3) is 0 Å². The first-order chi connectivity index (χ1) is 12.3. The number of anilines is 1. The Bertz CT molecular complexity index is 793. The quantitative estimate of drug-likeness (QED) is 0.356. The van der Waals surface area contributed by atoms with Crippen LogP contribution in [0.4, 0.5) is 5.69 Å². The van der Waals surface area contributed by atoms with Crippen LogP contribution in [-0.4, -0.2) is 52.6 Å². The van der Waals surface area contributed by atoms with Gasteiger partial charge < -0.3 is 23.8 Å². The highest BCUT2D eigenvalue weighted by Gasteiger charge is 2.35. The largest absolute Gasteiger partial charge is 0.466 e. The van der Waals surface area contributed by atoms with E-state index in [1.165, 1.54) is 32.3 Å². The third-order valence-corrected chi connectivity index (χ3v) is 4.58. The molecule has 0 fully saturated rings. The summed E-state index contributed by atoms with van der Waals surface area (Å²) in [7, 11) is 3.60. The molecule has 10 heteroatoms. The van der Waals surface area contributed by atoms with Crippen LogP contribution in [0, 0.1) is 3.57 Å². The van der Waals surface area contributed by atoms with E-state index in [0.717, 1.165) is 0 Å². The van der Waals surface area contributed by atoms with Gasteiger partial charge in [0, 0.05) is 8.59 Å². The van der Waals surface area contributed by atoms with Crippen molar-refractivity contribution in [3.05, 3.63) is 37.6 Å². The van der Waals surface area contributed by atoms with Gasteiger partial charge in [-0.3, -0.25) is 0 Å². The summed E-state index contributed by atoms with van der Waals surface area (Å²) in [6.07, 6.45) is 0. The van der Waals surface area contributed by atoms with E-state index in [1.54, 1.807) is 6.07 Å².